The molecule has 0 fully saturated rings. The van der Waals surface area contributed by atoms with Gasteiger partial charge in [-0.05, 0) is 33.4 Å². The summed E-state index contributed by atoms with van der Waals surface area (Å²) >= 11 is 0. The van der Waals surface area contributed by atoms with Gasteiger partial charge in [0.05, 0.1) is 17.2 Å². The molecule has 1 aliphatic rings. The summed E-state index contributed by atoms with van der Waals surface area (Å²) in [5.41, 5.74) is 9.38. The number of aliphatic imine (C=N–C) groups is 1. The lowest BCUT2D eigenvalue weighted by molar-refractivity contribution is 0.282. The summed E-state index contributed by atoms with van der Waals surface area (Å²) in [5, 5.41) is 0. The molecule has 210 valence electrons. The SMILES string of the molecule is c1ccc(C2=NC(=C(c3ccccc3)c3ccccc3)OC(=C(c3ccccc3)c3ccccc3)C2c2ccccc2)cc1. The van der Waals surface area contributed by atoms with Crippen molar-refractivity contribution >= 4 is 16.9 Å². The topological polar surface area (TPSA) is 21.6 Å². The van der Waals surface area contributed by atoms with Crippen molar-refractivity contribution < 1.29 is 4.74 Å². The minimum absolute atomic E-state index is 0.245. The van der Waals surface area contributed by atoms with E-state index in [9.17, 15) is 0 Å². The summed E-state index contributed by atoms with van der Waals surface area (Å²) in [6.45, 7) is 0. The third kappa shape index (κ3) is 5.54. The van der Waals surface area contributed by atoms with Gasteiger partial charge >= 0.3 is 0 Å². The van der Waals surface area contributed by atoms with Crippen molar-refractivity contribution in [3.8, 4) is 0 Å². The number of allylic oxidation sites excluding steroid dienone is 1. The highest BCUT2D eigenvalue weighted by Gasteiger charge is 2.35. The standard InChI is InChI=1S/C42H31NO/c1-7-19-31(20-8-1)37(32-21-9-2-10-22-32)41-39(35-27-15-5-16-28-35)40(36-29-17-6-18-30-36)43-42(44-41)38(33-23-11-3-12-24-33)34-25-13-4-14-26-34/h1-30,39H. The number of hydrogen-bond acceptors (Lipinski definition) is 2. The molecule has 6 aromatic rings. The lowest BCUT2D eigenvalue weighted by atomic mass is 9.82. The maximum absolute atomic E-state index is 7.22. The van der Waals surface area contributed by atoms with Crippen molar-refractivity contribution in [3.63, 3.8) is 0 Å². The van der Waals surface area contributed by atoms with Gasteiger partial charge in [0.1, 0.15) is 5.76 Å². The molecule has 0 N–H and O–H groups in total. The smallest absolute Gasteiger partial charge is 0.227 e. The van der Waals surface area contributed by atoms with E-state index in [1.807, 2.05) is 18.2 Å². The Balaban J connectivity index is 1.62. The summed E-state index contributed by atoms with van der Waals surface area (Å²) in [4.78, 5) is 5.42. The van der Waals surface area contributed by atoms with Gasteiger partial charge in [-0.25, -0.2) is 4.99 Å². The maximum Gasteiger partial charge on any atom is 0.227 e. The van der Waals surface area contributed by atoms with Crippen LogP contribution in [0, 0.1) is 0 Å². The molecular weight excluding hydrogens is 534 g/mol. The molecule has 1 atom stereocenters. The van der Waals surface area contributed by atoms with Gasteiger partial charge in [0.15, 0.2) is 0 Å². The summed E-state index contributed by atoms with van der Waals surface area (Å²) in [6, 6.07) is 63.0. The predicted molar refractivity (Wildman–Crippen MR) is 181 cm³/mol. The van der Waals surface area contributed by atoms with Crippen molar-refractivity contribution in [2.24, 2.45) is 4.99 Å². The van der Waals surface area contributed by atoms with Crippen LogP contribution in [-0.2, 0) is 4.74 Å². The van der Waals surface area contributed by atoms with E-state index in [4.69, 9.17) is 9.73 Å². The monoisotopic (exact) mass is 565 g/mol. The molecule has 0 bridgehead atoms. The first-order valence-electron chi connectivity index (χ1n) is 14.9. The summed E-state index contributed by atoms with van der Waals surface area (Å²) < 4.78 is 7.22. The van der Waals surface area contributed by atoms with E-state index in [2.05, 4.69) is 164 Å². The van der Waals surface area contributed by atoms with E-state index < -0.39 is 0 Å². The molecule has 0 spiro atoms. The summed E-state index contributed by atoms with van der Waals surface area (Å²) in [5.74, 6) is 1.18. The Hall–Kier alpha value is -5.73. The Morgan fingerprint density at radius 2 is 0.773 bits per heavy atom. The van der Waals surface area contributed by atoms with Gasteiger partial charge in [-0.15, -0.1) is 0 Å². The molecule has 0 amide bonds. The molecule has 44 heavy (non-hydrogen) atoms. The van der Waals surface area contributed by atoms with Crippen molar-refractivity contribution in [1.82, 2.24) is 0 Å². The predicted octanol–water partition coefficient (Wildman–Crippen LogP) is 10.2. The fraction of sp³-hybridized carbons (Fsp3) is 0.0238. The van der Waals surface area contributed by atoms with Crippen molar-refractivity contribution in [1.29, 1.82) is 0 Å². The Bertz CT molecular complexity index is 1850. The van der Waals surface area contributed by atoms with Crippen molar-refractivity contribution in [2.45, 2.75) is 5.92 Å². The largest absolute Gasteiger partial charge is 0.441 e. The van der Waals surface area contributed by atoms with E-state index in [0.29, 0.717) is 5.88 Å². The Morgan fingerprint density at radius 3 is 1.20 bits per heavy atom. The van der Waals surface area contributed by atoms with Crippen LogP contribution in [0.1, 0.15) is 39.3 Å². The van der Waals surface area contributed by atoms with Crippen LogP contribution >= 0.6 is 0 Å². The van der Waals surface area contributed by atoms with Gasteiger partial charge < -0.3 is 4.74 Å². The van der Waals surface area contributed by atoms with Crippen LogP contribution in [0.5, 0.6) is 0 Å². The van der Waals surface area contributed by atoms with Gasteiger partial charge in [0.25, 0.3) is 0 Å². The zero-order chi connectivity index (χ0) is 29.6. The molecule has 0 saturated heterocycles. The maximum atomic E-state index is 7.22. The first-order valence-corrected chi connectivity index (χ1v) is 14.9. The number of hydrogen-bond donors (Lipinski definition) is 0. The van der Waals surface area contributed by atoms with Crippen LogP contribution in [0.2, 0.25) is 0 Å². The van der Waals surface area contributed by atoms with Crippen LogP contribution < -0.4 is 0 Å². The normalized spacial score (nSPS) is 14.4. The third-order valence-corrected chi connectivity index (χ3v) is 7.88. The number of ether oxygens (including phenoxy) is 1. The average Bonchev–Trinajstić information content (AvgIpc) is 3.11. The zero-order valence-corrected chi connectivity index (χ0v) is 24.3. The molecule has 1 aliphatic heterocycles. The third-order valence-electron chi connectivity index (χ3n) is 7.88. The van der Waals surface area contributed by atoms with E-state index in [1.54, 1.807) is 0 Å². The zero-order valence-electron chi connectivity index (χ0n) is 24.3. The molecule has 2 nitrogen and oxygen atoms in total. The molecule has 1 unspecified atom stereocenters. The van der Waals surface area contributed by atoms with Gasteiger partial charge in [0, 0.05) is 5.57 Å². The van der Waals surface area contributed by atoms with Gasteiger partial charge in [-0.1, -0.05) is 182 Å². The fourth-order valence-corrected chi connectivity index (χ4v) is 5.87. The van der Waals surface area contributed by atoms with E-state index >= 15 is 0 Å². The van der Waals surface area contributed by atoms with Crippen molar-refractivity contribution in [3.05, 3.63) is 227 Å². The second kappa shape index (κ2) is 12.6. The quantitative estimate of drug-likeness (QED) is 0.197. The van der Waals surface area contributed by atoms with Gasteiger partial charge in [-0.3, -0.25) is 0 Å². The molecule has 0 aromatic heterocycles. The molecule has 0 radical (unpaired) electrons. The first-order chi connectivity index (χ1) is 21.9. The molecule has 0 saturated carbocycles. The summed E-state index contributed by atoms with van der Waals surface area (Å²) in [7, 11) is 0. The average molecular weight is 566 g/mol. The molecule has 2 heteroatoms. The second-order valence-corrected chi connectivity index (χ2v) is 10.7. The van der Waals surface area contributed by atoms with Gasteiger partial charge in [0.2, 0.25) is 5.88 Å². The number of rotatable bonds is 6. The highest BCUT2D eigenvalue weighted by atomic mass is 16.5. The Labute approximate surface area is 259 Å². The Kier molecular flexibility index (Phi) is 7.79. The summed E-state index contributed by atoms with van der Waals surface area (Å²) in [6.07, 6.45) is 0. The van der Waals surface area contributed by atoms with Crippen LogP contribution in [0.25, 0.3) is 11.1 Å². The fourth-order valence-electron chi connectivity index (χ4n) is 5.87. The molecule has 7 rings (SSSR count). The van der Waals surface area contributed by atoms with Crippen LogP contribution in [-0.4, -0.2) is 5.71 Å². The van der Waals surface area contributed by atoms with Gasteiger partial charge in [-0.2, -0.15) is 0 Å². The number of nitrogens with zero attached hydrogens (tertiary/aromatic N) is 1. The lowest BCUT2D eigenvalue weighted by Crippen LogP contribution is -2.24. The van der Waals surface area contributed by atoms with Crippen molar-refractivity contribution in [2.75, 3.05) is 0 Å². The van der Waals surface area contributed by atoms with E-state index in [0.717, 1.165) is 56.0 Å². The second-order valence-electron chi connectivity index (χ2n) is 10.7. The molecular formula is C42H31NO. The molecule has 0 aliphatic carbocycles. The number of benzene rings is 6. The Morgan fingerprint density at radius 1 is 0.409 bits per heavy atom. The van der Waals surface area contributed by atoms with E-state index in [1.165, 1.54) is 0 Å². The molecule has 6 aromatic carbocycles. The van der Waals surface area contributed by atoms with E-state index in [-0.39, 0.29) is 5.92 Å². The highest BCUT2D eigenvalue weighted by molar-refractivity contribution is 6.10. The van der Waals surface area contributed by atoms with Crippen LogP contribution in [0.4, 0.5) is 0 Å². The molecule has 1 heterocycles. The minimum atomic E-state index is -0.245. The lowest BCUT2D eigenvalue weighted by Gasteiger charge is -2.32. The highest BCUT2D eigenvalue weighted by Crippen LogP contribution is 2.44. The first kappa shape index (κ1) is 27.1. The van der Waals surface area contributed by atoms with Crippen LogP contribution in [0.3, 0.4) is 0 Å². The van der Waals surface area contributed by atoms with Crippen LogP contribution in [0.15, 0.2) is 199 Å². The minimum Gasteiger partial charge on any atom is -0.441 e.